The number of rotatable bonds is 5. The zero-order valence-electron chi connectivity index (χ0n) is 16.1. The van der Waals surface area contributed by atoms with Gasteiger partial charge in [-0.3, -0.25) is 15.0 Å². The number of benzene rings is 2. The van der Waals surface area contributed by atoms with E-state index in [1.807, 2.05) is 24.3 Å². The molecule has 156 valence electrons. The van der Waals surface area contributed by atoms with Crippen LogP contribution in [0.3, 0.4) is 0 Å². The lowest BCUT2D eigenvalue weighted by atomic mass is 9.94. The van der Waals surface area contributed by atoms with E-state index in [2.05, 4.69) is 21.2 Å². The molecule has 1 unspecified atom stereocenters. The number of thiocarbonyl (C=S) groups is 1. The van der Waals surface area contributed by atoms with Gasteiger partial charge in [-0.25, -0.2) is 4.79 Å². The number of nitro groups is 1. The first-order chi connectivity index (χ1) is 14.2. The van der Waals surface area contributed by atoms with Gasteiger partial charge in [-0.15, -0.1) is 0 Å². The van der Waals surface area contributed by atoms with Gasteiger partial charge in [-0.1, -0.05) is 28.1 Å². The third kappa shape index (κ3) is 4.14. The fraction of sp³-hybridized carbons (Fsp3) is 0.200. The number of anilines is 1. The first-order valence-corrected chi connectivity index (χ1v) is 10.2. The number of halogens is 1. The normalized spacial score (nSPS) is 16.3. The van der Waals surface area contributed by atoms with Gasteiger partial charge in [0.25, 0.3) is 0 Å². The Labute approximate surface area is 186 Å². The quantitative estimate of drug-likeness (QED) is 0.275. The lowest BCUT2D eigenvalue weighted by Crippen LogP contribution is -2.48. The van der Waals surface area contributed by atoms with Crippen molar-refractivity contribution in [3.05, 3.63) is 73.9 Å². The number of aromatic hydroxyl groups is 1. The van der Waals surface area contributed by atoms with E-state index in [4.69, 9.17) is 17.0 Å². The number of hydrogen-bond acceptors (Lipinski definition) is 6. The summed E-state index contributed by atoms with van der Waals surface area (Å²) in [5, 5.41) is 24.4. The summed E-state index contributed by atoms with van der Waals surface area (Å²) in [5.41, 5.74) is 1.48. The second kappa shape index (κ2) is 8.80. The fourth-order valence-electron chi connectivity index (χ4n) is 3.26. The Morgan fingerprint density at radius 2 is 2.10 bits per heavy atom. The summed E-state index contributed by atoms with van der Waals surface area (Å²) in [4.78, 5) is 25.1. The lowest BCUT2D eigenvalue weighted by molar-refractivity contribution is -0.385. The zero-order valence-corrected chi connectivity index (χ0v) is 18.5. The summed E-state index contributed by atoms with van der Waals surface area (Å²) in [6.45, 7) is 3.60. The number of esters is 1. The number of carbonyl (C=O) groups excluding carboxylic acids is 1. The third-order valence-corrected chi connectivity index (χ3v) is 5.37. The number of phenols is 1. The molecule has 10 heteroatoms. The zero-order chi connectivity index (χ0) is 22.0. The van der Waals surface area contributed by atoms with Crippen LogP contribution in [0.15, 0.2) is 58.2 Å². The average molecular weight is 492 g/mol. The van der Waals surface area contributed by atoms with Crippen molar-refractivity contribution in [1.29, 1.82) is 0 Å². The fourth-order valence-corrected chi connectivity index (χ4v) is 4.01. The molecule has 0 aliphatic carbocycles. The topological polar surface area (TPSA) is 105 Å². The van der Waals surface area contributed by atoms with E-state index in [-0.39, 0.29) is 12.2 Å². The SMILES string of the molecule is CCOC(=O)C1=C(C)N(c2cccc(Br)c2)C(=S)NC1c1ccc(O)c([N+](=O)[O-])c1. The van der Waals surface area contributed by atoms with Gasteiger partial charge in [-0.05, 0) is 55.9 Å². The predicted octanol–water partition coefficient (Wildman–Crippen LogP) is 4.34. The maximum atomic E-state index is 12.8. The molecule has 8 nitrogen and oxygen atoms in total. The lowest BCUT2D eigenvalue weighted by Gasteiger charge is -2.37. The Morgan fingerprint density at radius 1 is 1.37 bits per heavy atom. The van der Waals surface area contributed by atoms with E-state index in [9.17, 15) is 20.0 Å². The van der Waals surface area contributed by atoms with Crippen molar-refractivity contribution in [2.75, 3.05) is 11.5 Å². The standard InChI is InChI=1S/C20H18BrN3O5S/c1-3-29-19(26)17-11(2)23(14-6-4-5-13(21)10-14)20(30)22-18(17)12-7-8-16(25)15(9-12)24(27)28/h4-10,18,25H,3H2,1-2H3,(H,22,30). The molecule has 0 spiro atoms. The molecular formula is C20H18BrN3O5S. The third-order valence-electron chi connectivity index (χ3n) is 4.58. The highest BCUT2D eigenvalue weighted by molar-refractivity contribution is 9.10. The number of carbonyl (C=O) groups is 1. The van der Waals surface area contributed by atoms with Gasteiger partial charge in [0.2, 0.25) is 0 Å². The molecule has 2 aromatic rings. The average Bonchev–Trinajstić information content (AvgIpc) is 2.68. The van der Waals surface area contributed by atoms with E-state index < -0.39 is 28.4 Å². The molecule has 0 fully saturated rings. The number of hydrogen-bond donors (Lipinski definition) is 2. The molecule has 1 atom stereocenters. The summed E-state index contributed by atoms with van der Waals surface area (Å²) in [5.74, 6) is -1.03. The van der Waals surface area contributed by atoms with Crippen molar-refractivity contribution in [3.63, 3.8) is 0 Å². The number of allylic oxidation sites excluding steroid dienone is 1. The maximum absolute atomic E-state index is 12.8. The van der Waals surface area contributed by atoms with E-state index in [1.54, 1.807) is 18.7 Å². The Hall–Kier alpha value is -2.98. The Balaban J connectivity index is 2.17. The van der Waals surface area contributed by atoms with E-state index in [0.29, 0.717) is 16.4 Å². The molecule has 0 saturated carbocycles. The van der Waals surface area contributed by atoms with Crippen molar-refractivity contribution in [2.24, 2.45) is 0 Å². The number of nitrogens with one attached hydrogen (secondary N) is 1. The summed E-state index contributed by atoms with van der Waals surface area (Å²) < 4.78 is 6.09. The van der Waals surface area contributed by atoms with Gasteiger partial charge in [0.1, 0.15) is 0 Å². The van der Waals surface area contributed by atoms with Crippen LogP contribution in [0.25, 0.3) is 0 Å². The van der Waals surface area contributed by atoms with Crippen LogP contribution in [0.4, 0.5) is 11.4 Å². The Morgan fingerprint density at radius 3 is 2.73 bits per heavy atom. The molecule has 2 N–H and O–H groups in total. The largest absolute Gasteiger partial charge is 0.502 e. The Kier molecular flexibility index (Phi) is 6.37. The summed E-state index contributed by atoms with van der Waals surface area (Å²) in [6.07, 6.45) is 0. The molecule has 0 amide bonds. The number of phenolic OH excluding ortho intramolecular Hbond substituents is 1. The van der Waals surface area contributed by atoms with Crippen molar-refractivity contribution in [2.45, 2.75) is 19.9 Å². The Bertz CT molecular complexity index is 1070. The second-order valence-electron chi connectivity index (χ2n) is 6.42. The smallest absolute Gasteiger partial charge is 0.338 e. The molecule has 1 heterocycles. The summed E-state index contributed by atoms with van der Waals surface area (Å²) >= 11 is 8.98. The van der Waals surface area contributed by atoms with Crippen LogP contribution >= 0.6 is 28.1 Å². The minimum absolute atomic E-state index is 0.166. The van der Waals surface area contributed by atoms with Crippen LogP contribution < -0.4 is 10.2 Å². The molecule has 1 aliphatic rings. The number of nitro benzene ring substituents is 1. The molecule has 0 saturated heterocycles. The molecular weight excluding hydrogens is 474 g/mol. The highest BCUT2D eigenvalue weighted by atomic mass is 79.9. The van der Waals surface area contributed by atoms with Gasteiger partial charge in [-0.2, -0.15) is 0 Å². The van der Waals surface area contributed by atoms with Crippen molar-refractivity contribution in [1.82, 2.24) is 5.32 Å². The van der Waals surface area contributed by atoms with Crippen molar-refractivity contribution in [3.8, 4) is 5.75 Å². The monoisotopic (exact) mass is 491 g/mol. The van der Waals surface area contributed by atoms with Gasteiger partial charge < -0.3 is 15.2 Å². The summed E-state index contributed by atoms with van der Waals surface area (Å²) in [7, 11) is 0. The first-order valence-electron chi connectivity index (χ1n) is 8.96. The minimum atomic E-state index is -0.778. The maximum Gasteiger partial charge on any atom is 0.338 e. The van der Waals surface area contributed by atoms with Crippen LogP contribution in [0.1, 0.15) is 25.5 Å². The van der Waals surface area contributed by atoms with Crippen LogP contribution in [-0.2, 0) is 9.53 Å². The van der Waals surface area contributed by atoms with Crippen LogP contribution in [0.2, 0.25) is 0 Å². The van der Waals surface area contributed by atoms with E-state index in [0.717, 1.165) is 10.2 Å². The predicted molar refractivity (Wildman–Crippen MR) is 119 cm³/mol. The van der Waals surface area contributed by atoms with Gasteiger partial charge >= 0.3 is 11.7 Å². The van der Waals surface area contributed by atoms with Gasteiger partial charge in [0, 0.05) is 21.9 Å². The van der Waals surface area contributed by atoms with Crippen LogP contribution in [0, 0.1) is 10.1 Å². The van der Waals surface area contributed by atoms with Crippen LogP contribution in [0.5, 0.6) is 5.75 Å². The highest BCUT2D eigenvalue weighted by Crippen LogP contribution is 2.37. The molecule has 0 radical (unpaired) electrons. The number of ether oxygens (including phenoxy) is 1. The van der Waals surface area contributed by atoms with Gasteiger partial charge in [0.05, 0.1) is 23.1 Å². The van der Waals surface area contributed by atoms with Gasteiger partial charge in [0.15, 0.2) is 10.9 Å². The second-order valence-corrected chi connectivity index (χ2v) is 7.72. The highest BCUT2D eigenvalue weighted by Gasteiger charge is 2.36. The van der Waals surface area contributed by atoms with Crippen molar-refractivity contribution < 1.29 is 19.6 Å². The minimum Gasteiger partial charge on any atom is -0.502 e. The van der Waals surface area contributed by atoms with Crippen molar-refractivity contribution >= 4 is 50.6 Å². The van der Waals surface area contributed by atoms with E-state index in [1.165, 1.54) is 18.2 Å². The first kappa shape index (κ1) is 21.7. The molecule has 3 rings (SSSR count). The molecule has 0 aromatic heterocycles. The van der Waals surface area contributed by atoms with E-state index >= 15 is 0 Å². The summed E-state index contributed by atoms with van der Waals surface area (Å²) in [6, 6.07) is 10.6. The van der Waals surface area contributed by atoms with Crippen LogP contribution in [-0.4, -0.2) is 27.7 Å². The molecule has 2 aromatic carbocycles. The number of nitrogens with zero attached hydrogens (tertiary/aromatic N) is 2. The molecule has 0 bridgehead atoms. The molecule has 1 aliphatic heterocycles. The molecule has 30 heavy (non-hydrogen) atoms.